The van der Waals surface area contributed by atoms with Gasteiger partial charge in [0, 0.05) is 10.4 Å². The van der Waals surface area contributed by atoms with Gasteiger partial charge in [-0.2, -0.15) is 0 Å². The number of hydrogen-bond donors (Lipinski definition) is 1. The normalized spacial score (nSPS) is 11.3. The van der Waals surface area contributed by atoms with Crippen molar-refractivity contribution in [3.05, 3.63) is 45.1 Å². The van der Waals surface area contributed by atoms with Crippen LogP contribution in [0.1, 0.15) is 18.1 Å². The highest BCUT2D eigenvalue weighted by atomic mass is 35.5. The molecule has 0 aliphatic heterocycles. The zero-order valence-electron chi connectivity index (χ0n) is 12.6. The van der Waals surface area contributed by atoms with Crippen LogP contribution in [-0.2, 0) is 26.0 Å². The molecule has 0 radical (unpaired) electrons. The second-order valence-electron chi connectivity index (χ2n) is 4.76. The number of ether oxygens (including phenoxy) is 1. The Hall–Kier alpha value is -1.57. The van der Waals surface area contributed by atoms with E-state index in [4.69, 9.17) is 16.3 Å². The highest BCUT2D eigenvalue weighted by molar-refractivity contribution is 7.92. The van der Waals surface area contributed by atoms with Crippen LogP contribution in [0.2, 0.25) is 5.02 Å². The molecule has 5 nitrogen and oxygen atoms in total. The molecular weight excluding hydrogens is 358 g/mol. The van der Waals surface area contributed by atoms with Crippen molar-refractivity contribution in [1.82, 2.24) is 0 Å². The lowest BCUT2D eigenvalue weighted by Gasteiger charge is -2.11. The Bertz CT molecular complexity index is 815. The number of nitrogens with one attached hydrogen (secondary N) is 1. The van der Waals surface area contributed by atoms with E-state index < -0.39 is 16.0 Å². The van der Waals surface area contributed by atoms with Gasteiger partial charge in [-0.05, 0) is 42.5 Å². The highest BCUT2D eigenvalue weighted by Gasteiger charge is 2.20. The molecule has 0 bridgehead atoms. The molecule has 124 valence electrons. The fraction of sp³-hybridized carbons (Fsp3) is 0.267. The standard InChI is InChI=1S/C15H16ClNO4S2/c1-3-21-15(18)7-11-8-22-9-13(11)17-23(19,20)14-6-4-5-12(16)10(14)2/h4-6,8-9,17H,3,7H2,1-2H3. The van der Waals surface area contributed by atoms with E-state index >= 15 is 0 Å². The van der Waals surface area contributed by atoms with Crippen LogP contribution >= 0.6 is 22.9 Å². The summed E-state index contributed by atoms with van der Waals surface area (Å²) in [6, 6.07) is 4.70. The second kappa shape index (κ2) is 7.33. The van der Waals surface area contributed by atoms with Crippen LogP contribution < -0.4 is 4.72 Å². The van der Waals surface area contributed by atoms with E-state index in [9.17, 15) is 13.2 Å². The van der Waals surface area contributed by atoms with Gasteiger partial charge in [-0.3, -0.25) is 9.52 Å². The van der Waals surface area contributed by atoms with Gasteiger partial charge < -0.3 is 4.74 Å². The smallest absolute Gasteiger partial charge is 0.310 e. The zero-order valence-corrected chi connectivity index (χ0v) is 15.0. The van der Waals surface area contributed by atoms with Crippen LogP contribution in [0.15, 0.2) is 33.9 Å². The quantitative estimate of drug-likeness (QED) is 0.785. The number of thiophene rings is 1. The van der Waals surface area contributed by atoms with E-state index in [2.05, 4.69) is 4.72 Å². The van der Waals surface area contributed by atoms with E-state index in [1.165, 1.54) is 17.4 Å². The SMILES string of the molecule is CCOC(=O)Cc1cscc1NS(=O)(=O)c1cccc(Cl)c1C. The van der Waals surface area contributed by atoms with Crippen molar-refractivity contribution in [3.8, 4) is 0 Å². The molecule has 0 spiro atoms. The maximum absolute atomic E-state index is 12.6. The van der Waals surface area contributed by atoms with Crippen molar-refractivity contribution in [1.29, 1.82) is 0 Å². The third-order valence-electron chi connectivity index (χ3n) is 3.13. The maximum atomic E-state index is 12.6. The predicted molar refractivity (Wildman–Crippen MR) is 91.7 cm³/mol. The van der Waals surface area contributed by atoms with Gasteiger partial charge in [0.25, 0.3) is 10.0 Å². The van der Waals surface area contributed by atoms with Crippen molar-refractivity contribution in [2.24, 2.45) is 0 Å². The number of carbonyl (C=O) groups excluding carboxylic acids is 1. The zero-order chi connectivity index (χ0) is 17.0. The number of halogens is 1. The number of anilines is 1. The Morgan fingerprint density at radius 1 is 1.35 bits per heavy atom. The van der Waals surface area contributed by atoms with Crippen LogP contribution in [0.4, 0.5) is 5.69 Å². The summed E-state index contributed by atoms with van der Waals surface area (Å²) in [6.45, 7) is 3.65. The molecule has 0 aliphatic rings. The molecule has 1 aromatic heterocycles. The molecule has 1 heterocycles. The van der Waals surface area contributed by atoms with Crippen LogP contribution in [0.5, 0.6) is 0 Å². The number of hydrogen-bond acceptors (Lipinski definition) is 5. The third kappa shape index (κ3) is 4.25. The van der Waals surface area contributed by atoms with Crippen LogP contribution in [0.3, 0.4) is 0 Å². The summed E-state index contributed by atoms with van der Waals surface area (Å²) in [5.74, 6) is -0.398. The molecule has 1 aromatic carbocycles. The van der Waals surface area contributed by atoms with Crippen molar-refractivity contribution in [2.75, 3.05) is 11.3 Å². The van der Waals surface area contributed by atoms with Gasteiger partial charge in [0.05, 0.1) is 23.6 Å². The average Bonchev–Trinajstić information content (AvgIpc) is 2.88. The molecule has 0 aliphatic carbocycles. The Labute approximate surface area is 144 Å². The molecule has 0 atom stereocenters. The minimum absolute atomic E-state index is 0.0176. The van der Waals surface area contributed by atoms with Crippen molar-refractivity contribution < 1.29 is 17.9 Å². The molecule has 0 amide bonds. The monoisotopic (exact) mass is 373 g/mol. The van der Waals surface area contributed by atoms with Crippen molar-refractivity contribution >= 4 is 44.6 Å². The van der Waals surface area contributed by atoms with Gasteiger partial charge in [-0.15, -0.1) is 11.3 Å². The third-order valence-corrected chi connectivity index (χ3v) is 5.85. The first-order valence-electron chi connectivity index (χ1n) is 6.83. The van der Waals surface area contributed by atoms with Gasteiger partial charge in [0.2, 0.25) is 0 Å². The molecule has 23 heavy (non-hydrogen) atoms. The van der Waals surface area contributed by atoms with Gasteiger partial charge in [-0.1, -0.05) is 17.7 Å². The Balaban J connectivity index is 2.27. The molecular formula is C15H16ClNO4S2. The lowest BCUT2D eigenvalue weighted by molar-refractivity contribution is -0.142. The van der Waals surface area contributed by atoms with E-state index in [-0.39, 0.29) is 17.9 Å². The predicted octanol–water partition coefficient (Wildman–Crippen LogP) is 3.62. The first-order valence-corrected chi connectivity index (χ1v) is 9.64. The van der Waals surface area contributed by atoms with E-state index in [1.54, 1.807) is 36.7 Å². The number of sulfonamides is 1. The Kier molecular flexibility index (Phi) is 5.67. The summed E-state index contributed by atoms with van der Waals surface area (Å²) in [4.78, 5) is 11.7. The maximum Gasteiger partial charge on any atom is 0.310 e. The number of rotatable bonds is 6. The molecule has 0 fully saturated rings. The van der Waals surface area contributed by atoms with Gasteiger partial charge in [0.1, 0.15) is 0 Å². The second-order valence-corrected chi connectivity index (χ2v) is 7.56. The van der Waals surface area contributed by atoms with Crippen molar-refractivity contribution in [3.63, 3.8) is 0 Å². The summed E-state index contributed by atoms with van der Waals surface area (Å²) in [6.07, 6.45) is 0.0176. The first kappa shape index (κ1) is 17.8. The summed E-state index contributed by atoms with van der Waals surface area (Å²) in [5.41, 5.74) is 1.43. The molecule has 2 aromatic rings. The topological polar surface area (TPSA) is 72.5 Å². The number of carbonyl (C=O) groups is 1. The molecule has 8 heteroatoms. The van der Waals surface area contributed by atoms with Gasteiger partial charge in [0.15, 0.2) is 0 Å². The lowest BCUT2D eigenvalue weighted by atomic mass is 10.2. The largest absolute Gasteiger partial charge is 0.466 e. The minimum atomic E-state index is -3.79. The lowest BCUT2D eigenvalue weighted by Crippen LogP contribution is -2.16. The fourth-order valence-electron chi connectivity index (χ4n) is 2.00. The van der Waals surface area contributed by atoms with E-state index in [1.807, 2.05) is 0 Å². The first-order chi connectivity index (χ1) is 10.8. The molecule has 0 saturated heterocycles. The van der Waals surface area contributed by atoms with Crippen LogP contribution in [0, 0.1) is 6.92 Å². The average molecular weight is 374 g/mol. The van der Waals surface area contributed by atoms with E-state index in [0.717, 1.165) is 0 Å². The van der Waals surface area contributed by atoms with Crippen LogP contribution in [0.25, 0.3) is 0 Å². The summed E-state index contributed by atoms with van der Waals surface area (Å²) < 4.78 is 32.5. The summed E-state index contributed by atoms with van der Waals surface area (Å²) >= 11 is 7.29. The number of benzene rings is 1. The van der Waals surface area contributed by atoms with E-state index in [0.29, 0.717) is 21.8 Å². The molecule has 0 saturated carbocycles. The van der Waals surface area contributed by atoms with Gasteiger partial charge in [-0.25, -0.2) is 8.42 Å². The Morgan fingerprint density at radius 3 is 2.78 bits per heavy atom. The molecule has 1 N–H and O–H groups in total. The van der Waals surface area contributed by atoms with Gasteiger partial charge >= 0.3 is 5.97 Å². The number of esters is 1. The fourth-order valence-corrected chi connectivity index (χ4v) is 4.45. The summed E-state index contributed by atoms with van der Waals surface area (Å²) in [7, 11) is -3.79. The highest BCUT2D eigenvalue weighted by Crippen LogP contribution is 2.28. The van der Waals surface area contributed by atoms with Crippen molar-refractivity contribution in [2.45, 2.75) is 25.2 Å². The molecule has 2 rings (SSSR count). The van der Waals surface area contributed by atoms with Crippen LogP contribution in [-0.4, -0.2) is 21.0 Å². The molecule has 0 unspecified atom stereocenters. The Morgan fingerprint density at radius 2 is 2.09 bits per heavy atom. The minimum Gasteiger partial charge on any atom is -0.466 e. The summed E-state index contributed by atoms with van der Waals surface area (Å²) in [5, 5.41) is 3.75.